The number of benzene rings is 2. The van der Waals surface area contributed by atoms with Gasteiger partial charge in [0, 0.05) is 11.3 Å². The number of para-hydroxylation sites is 1. The number of carbonyl (C=O) groups is 2. The first kappa shape index (κ1) is 18.9. The minimum absolute atomic E-state index is 0.0317. The largest absolute Gasteiger partial charge is 0.504 e. The highest BCUT2D eigenvalue weighted by molar-refractivity contribution is 7.99. The van der Waals surface area contributed by atoms with Crippen molar-refractivity contribution >= 4 is 23.8 Å². The molecular formula is C19H19NO6S. The van der Waals surface area contributed by atoms with Gasteiger partial charge >= 0.3 is 12.1 Å². The van der Waals surface area contributed by atoms with Crippen LogP contribution in [-0.2, 0) is 16.1 Å². The third kappa shape index (κ3) is 3.95. The molecular weight excluding hydrogens is 370 g/mol. The number of carboxylic acid groups (broad SMARTS) is 1. The Morgan fingerprint density at radius 3 is 2.59 bits per heavy atom. The number of aromatic hydroxyl groups is 1. The number of hydrogen-bond donors (Lipinski definition) is 2. The Balaban J connectivity index is 1.85. The molecule has 2 aromatic carbocycles. The normalized spacial score (nSPS) is 18.9. The number of aliphatic carboxylic acids is 1. The van der Waals surface area contributed by atoms with Gasteiger partial charge in [0.2, 0.25) is 0 Å². The fourth-order valence-electron chi connectivity index (χ4n) is 2.86. The summed E-state index contributed by atoms with van der Waals surface area (Å²) in [5.41, 5.74) is 1.20. The van der Waals surface area contributed by atoms with Crippen LogP contribution >= 0.6 is 11.8 Å². The summed E-state index contributed by atoms with van der Waals surface area (Å²) in [4.78, 5) is 25.5. The smallest absolute Gasteiger partial charge is 0.412 e. The molecule has 1 fully saturated rings. The van der Waals surface area contributed by atoms with Gasteiger partial charge in [-0.05, 0) is 11.6 Å². The lowest BCUT2D eigenvalue weighted by Gasteiger charge is -2.27. The van der Waals surface area contributed by atoms with E-state index < -0.39 is 23.5 Å². The first-order valence-corrected chi connectivity index (χ1v) is 9.27. The van der Waals surface area contributed by atoms with Gasteiger partial charge in [-0.3, -0.25) is 4.90 Å². The lowest BCUT2D eigenvalue weighted by Crippen LogP contribution is -2.43. The van der Waals surface area contributed by atoms with Crippen molar-refractivity contribution < 1.29 is 29.3 Å². The second kappa shape index (κ2) is 8.22. The highest BCUT2D eigenvalue weighted by Crippen LogP contribution is 2.47. The van der Waals surface area contributed by atoms with E-state index in [4.69, 9.17) is 9.47 Å². The molecule has 1 heterocycles. The average molecular weight is 389 g/mol. The zero-order chi connectivity index (χ0) is 19.4. The molecule has 3 rings (SSSR count). The number of carboxylic acids is 1. The zero-order valence-electron chi connectivity index (χ0n) is 14.6. The van der Waals surface area contributed by atoms with E-state index in [-0.39, 0.29) is 23.9 Å². The summed E-state index contributed by atoms with van der Waals surface area (Å²) >= 11 is 1.25. The van der Waals surface area contributed by atoms with Crippen LogP contribution in [0.5, 0.6) is 11.5 Å². The maximum Gasteiger partial charge on any atom is 0.412 e. The molecule has 1 saturated heterocycles. The first-order chi connectivity index (χ1) is 13.0. The van der Waals surface area contributed by atoms with Crippen LogP contribution in [0.2, 0.25) is 0 Å². The summed E-state index contributed by atoms with van der Waals surface area (Å²) in [5.74, 6) is -0.796. The quantitative estimate of drug-likeness (QED) is 0.810. The van der Waals surface area contributed by atoms with Gasteiger partial charge in [0.1, 0.15) is 18.0 Å². The molecule has 1 aliphatic rings. The van der Waals surface area contributed by atoms with Crippen molar-refractivity contribution in [2.75, 3.05) is 12.9 Å². The van der Waals surface area contributed by atoms with E-state index in [0.29, 0.717) is 5.56 Å². The molecule has 0 aromatic heterocycles. The van der Waals surface area contributed by atoms with Gasteiger partial charge in [-0.15, -0.1) is 11.8 Å². The van der Waals surface area contributed by atoms with Gasteiger partial charge in [-0.1, -0.05) is 42.5 Å². The molecule has 27 heavy (non-hydrogen) atoms. The number of thioether (sulfide) groups is 1. The number of nitrogens with zero attached hydrogens (tertiary/aromatic N) is 1. The Labute approximate surface area is 160 Å². The van der Waals surface area contributed by atoms with Gasteiger partial charge in [0.15, 0.2) is 11.5 Å². The summed E-state index contributed by atoms with van der Waals surface area (Å²) in [5, 5.41) is 19.2. The number of ether oxygens (including phenoxy) is 2. The first-order valence-electron chi connectivity index (χ1n) is 8.22. The number of amides is 1. The van der Waals surface area contributed by atoms with E-state index in [0.717, 1.165) is 10.5 Å². The van der Waals surface area contributed by atoms with Crippen LogP contribution in [0.3, 0.4) is 0 Å². The minimum atomic E-state index is -1.12. The van der Waals surface area contributed by atoms with Gasteiger partial charge in [-0.2, -0.15) is 0 Å². The van der Waals surface area contributed by atoms with Crippen molar-refractivity contribution in [2.24, 2.45) is 0 Å². The minimum Gasteiger partial charge on any atom is -0.504 e. The molecule has 2 N–H and O–H groups in total. The van der Waals surface area contributed by atoms with E-state index in [2.05, 4.69) is 0 Å². The van der Waals surface area contributed by atoms with Gasteiger partial charge in [0.25, 0.3) is 0 Å². The van der Waals surface area contributed by atoms with Gasteiger partial charge < -0.3 is 19.7 Å². The fourth-order valence-corrected chi connectivity index (χ4v) is 4.29. The molecule has 2 atom stereocenters. The van der Waals surface area contributed by atoms with E-state index in [1.54, 1.807) is 18.2 Å². The summed E-state index contributed by atoms with van der Waals surface area (Å²) in [6.07, 6.45) is -0.747. The second-order valence-corrected chi connectivity index (χ2v) is 7.00. The van der Waals surface area contributed by atoms with Crippen molar-refractivity contribution in [3.63, 3.8) is 0 Å². The van der Waals surface area contributed by atoms with E-state index in [9.17, 15) is 19.8 Å². The molecule has 142 valence electrons. The number of hydrogen-bond acceptors (Lipinski definition) is 6. The summed E-state index contributed by atoms with van der Waals surface area (Å²) < 4.78 is 10.4. The monoisotopic (exact) mass is 389 g/mol. The maximum absolute atomic E-state index is 12.7. The molecule has 1 unspecified atom stereocenters. The summed E-state index contributed by atoms with van der Waals surface area (Å²) in [6, 6.07) is 13.0. The molecule has 0 radical (unpaired) electrons. The molecule has 0 spiro atoms. The SMILES string of the molecule is COc1cccc(C2SC[C@H](C(=O)O)N2C(=O)OCc2ccccc2)c1O. The lowest BCUT2D eigenvalue weighted by atomic mass is 10.1. The lowest BCUT2D eigenvalue weighted by molar-refractivity contribution is -0.141. The zero-order valence-corrected chi connectivity index (χ0v) is 15.4. The third-order valence-corrected chi connectivity index (χ3v) is 5.52. The van der Waals surface area contributed by atoms with Crippen LogP contribution in [0.1, 0.15) is 16.5 Å². The number of phenols is 1. The number of rotatable bonds is 5. The van der Waals surface area contributed by atoms with Crippen LogP contribution in [-0.4, -0.2) is 46.1 Å². The second-order valence-electron chi connectivity index (χ2n) is 5.89. The average Bonchev–Trinajstić information content (AvgIpc) is 3.12. The highest BCUT2D eigenvalue weighted by Gasteiger charge is 2.44. The van der Waals surface area contributed by atoms with Crippen LogP contribution in [0.4, 0.5) is 4.79 Å². The van der Waals surface area contributed by atoms with Crippen LogP contribution in [0.15, 0.2) is 48.5 Å². The van der Waals surface area contributed by atoms with Crippen molar-refractivity contribution in [1.82, 2.24) is 4.90 Å². The predicted octanol–water partition coefficient (Wildman–Crippen LogP) is 3.24. The molecule has 0 aliphatic carbocycles. The highest BCUT2D eigenvalue weighted by atomic mass is 32.2. The molecule has 0 saturated carbocycles. The maximum atomic E-state index is 12.7. The van der Waals surface area contributed by atoms with Crippen molar-refractivity contribution in [3.05, 3.63) is 59.7 Å². The predicted molar refractivity (Wildman–Crippen MR) is 99.7 cm³/mol. The molecule has 1 aliphatic heterocycles. The van der Waals surface area contributed by atoms with Crippen LogP contribution in [0, 0.1) is 0 Å². The Hall–Kier alpha value is -2.87. The Morgan fingerprint density at radius 1 is 1.19 bits per heavy atom. The molecule has 1 amide bonds. The molecule has 7 nitrogen and oxygen atoms in total. The Bertz CT molecular complexity index is 828. The number of carbonyl (C=O) groups excluding carboxylic acids is 1. The van der Waals surface area contributed by atoms with E-state index >= 15 is 0 Å². The van der Waals surface area contributed by atoms with Crippen molar-refractivity contribution in [3.8, 4) is 11.5 Å². The van der Waals surface area contributed by atoms with E-state index in [1.807, 2.05) is 30.3 Å². The third-order valence-electron chi connectivity index (χ3n) is 4.22. The van der Waals surface area contributed by atoms with Crippen LogP contribution in [0.25, 0.3) is 0 Å². The molecule has 8 heteroatoms. The molecule has 2 aromatic rings. The number of phenolic OH excluding ortho intramolecular Hbond substituents is 1. The van der Waals surface area contributed by atoms with Gasteiger partial charge in [0.05, 0.1) is 7.11 Å². The van der Waals surface area contributed by atoms with Crippen molar-refractivity contribution in [1.29, 1.82) is 0 Å². The topological polar surface area (TPSA) is 96.3 Å². The van der Waals surface area contributed by atoms with E-state index in [1.165, 1.54) is 18.9 Å². The van der Waals surface area contributed by atoms with Gasteiger partial charge in [-0.25, -0.2) is 9.59 Å². The summed E-state index contributed by atoms with van der Waals surface area (Å²) in [7, 11) is 1.42. The standard InChI is InChI=1S/C19H19NO6S/c1-25-15-9-5-8-13(16(15)21)17-20(14(11-27-17)18(22)23)19(24)26-10-12-6-3-2-4-7-12/h2-9,14,17,21H,10-11H2,1H3,(H,22,23)/t14-,17?/m1/s1. The number of methoxy groups -OCH3 is 1. The molecule has 0 bridgehead atoms. The van der Waals surface area contributed by atoms with Crippen molar-refractivity contribution in [2.45, 2.75) is 18.0 Å². The van der Waals surface area contributed by atoms with Crippen LogP contribution < -0.4 is 4.74 Å². The fraction of sp³-hybridized carbons (Fsp3) is 0.263. The Kier molecular flexibility index (Phi) is 5.75. The Morgan fingerprint density at radius 2 is 1.93 bits per heavy atom. The summed E-state index contributed by atoms with van der Waals surface area (Å²) in [6.45, 7) is 0.0317.